The molecule has 1 aromatic heterocycles. The molecule has 0 spiro atoms. The molecule has 2 aromatic rings. The van der Waals surface area contributed by atoms with Crippen LogP contribution in [0, 0.1) is 11.3 Å². The Labute approximate surface area is 174 Å². The molecule has 1 aliphatic carbocycles. The molecule has 2 fully saturated rings. The summed E-state index contributed by atoms with van der Waals surface area (Å²) >= 11 is 0. The SMILES string of the molecule is N=C(C(=O)NC1CCOCC1)c1cc(-c2cncc(NC(=O)C3CC3)c2)ccc1N. The van der Waals surface area contributed by atoms with Crippen LogP contribution >= 0.6 is 0 Å². The molecule has 1 aromatic carbocycles. The van der Waals surface area contributed by atoms with Crippen LogP contribution in [-0.4, -0.2) is 41.8 Å². The van der Waals surface area contributed by atoms with Crippen molar-refractivity contribution in [3.63, 3.8) is 0 Å². The number of benzene rings is 1. The van der Waals surface area contributed by atoms with Gasteiger partial charge in [0, 0.05) is 48.2 Å². The predicted molar refractivity (Wildman–Crippen MR) is 114 cm³/mol. The van der Waals surface area contributed by atoms with Crippen molar-refractivity contribution >= 4 is 28.9 Å². The second kappa shape index (κ2) is 8.62. The predicted octanol–water partition coefficient (Wildman–Crippen LogP) is 2.34. The highest BCUT2D eigenvalue weighted by Gasteiger charge is 2.29. The molecule has 0 atom stereocenters. The van der Waals surface area contributed by atoms with Crippen LogP contribution in [0.1, 0.15) is 31.2 Å². The van der Waals surface area contributed by atoms with Gasteiger partial charge in [-0.05, 0) is 49.4 Å². The second-order valence-electron chi connectivity index (χ2n) is 7.76. The first-order valence-corrected chi connectivity index (χ1v) is 10.1. The molecule has 4 rings (SSSR count). The van der Waals surface area contributed by atoms with Gasteiger partial charge in [0.25, 0.3) is 5.91 Å². The summed E-state index contributed by atoms with van der Waals surface area (Å²) in [6.45, 7) is 1.22. The van der Waals surface area contributed by atoms with Crippen LogP contribution < -0.4 is 16.4 Å². The molecule has 8 nitrogen and oxygen atoms in total. The van der Waals surface area contributed by atoms with E-state index in [0.29, 0.717) is 30.2 Å². The number of amides is 2. The number of rotatable bonds is 6. The van der Waals surface area contributed by atoms with E-state index in [4.69, 9.17) is 15.9 Å². The quantitative estimate of drug-likeness (QED) is 0.431. The van der Waals surface area contributed by atoms with Crippen molar-refractivity contribution in [1.82, 2.24) is 10.3 Å². The summed E-state index contributed by atoms with van der Waals surface area (Å²) in [6, 6.07) is 7.04. The molecule has 2 amide bonds. The Balaban J connectivity index is 1.51. The number of aromatic nitrogens is 1. The lowest BCUT2D eigenvalue weighted by molar-refractivity contribution is -0.117. The Morgan fingerprint density at radius 2 is 1.83 bits per heavy atom. The third-order valence-electron chi connectivity index (χ3n) is 5.39. The topological polar surface area (TPSA) is 130 Å². The highest BCUT2D eigenvalue weighted by atomic mass is 16.5. The third-order valence-corrected chi connectivity index (χ3v) is 5.39. The van der Waals surface area contributed by atoms with Gasteiger partial charge in [0.15, 0.2) is 0 Å². The highest BCUT2D eigenvalue weighted by molar-refractivity contribution is 6.45. The van der Waals surface area contributed by atoms with E-state index in [1.54, 1.807) is 24.5 Å². The fourth-order valence-electron chi connectivity index (χ4n) is 3.43. The van der Waals surface area contributed by atoms with Crippen molar-refractivity contribution in [3.05, 3.63) is 42.2 Å². The van der Waals surface area contributed by atoms with E-state index in [2.05, 4.69) is 15.6 Å². The number of nitrogens with two attached hydrogens (primary N) is 1. The smallest absolute Gasteiger partial charge is 0.270 e. The molecule has 8 heteroatoms. The zero-order chi connectivity index (χ0) is 21.1. The van der Waals surface area contributed by atoms with Gasteiger partial charge in [-0.1, -0.05) is 6.07 Å². The molecular formula is C22H25N5O3. The van der Waals surface area contributed by atoms with Crippen LogP contribution in [0.5, 0.6) is 0 Å². The van der Waals surface area contributed by atoms with Crippen LogP contribution in [-0.2, 0) is 14.3 Å². The summed E-state index contributed by atoms with van der Waals surface area (Å²) in [5, 5.41) is 14.1. The summed E-state index contributed by atoms with van der Waals surface area (Å²) < 4.78 is 5.30. The van der Waals surface area contributed by atoms with E-state index >= 15 is 0 Å². The summed E-state index contributed by atoms with van der Waals surface area (Å²) in [5.41, 5.74) is 8.76. The monoisotopic (exact) mass is 407 g/mol. The lowest BCUT2D eigenvalue weighted by atomic mass is 9.99. The van der Waals surface area contributed by atoms with Gasteiger partial charge in [0.2, 0.25) is 5.91 Å². The number of nitrogens with one attached hydrogen (secondary N) is 3. The molecule has 0 radical (unpaired) electrons. The molecule has 2 heterocycles. The lowest BCUT2D eigenvalue weighted by Crippen LogP contribution is -2.42. The normalized spacial score (nSPS) is 16.7. The first kappa shape index (κ1) is 20.0. The Morgan fingerprint density at radius 3 is 2.57 bits per heavy atom. The maximum atomic E-state index is 12.6. The number of carbonyl (C=O) groups is 2. The molecule has 30 heavy (non-hydrogen) atoms. The van der Waals surface area contributed by atoms with E-state index in [-0.39, 0.29) is 23.6 Å². The van der Waals surface area contributed by atoms with Gasteiger partial charge in [-0.15, -0.1) is 0 Å². The number of nitrogen functional groups attached to an aromatic ring is 1. The van der Waals surface area contributed by atoms with Crippen LogP contribution in [0.25, 0.3) is 11.1 Å². The van der Waals surface area contributed by atoms with E-state index in [0.717, 1.165) is 36.8 Å². The van der Waals surface area contributed by atoms with Crippen LogP contribution in [0.3, 0.4) is 0 Å². The highest BCUT2D eigenvalue weighted by Crippen LogP contribution is 2.31. The lowest BCUT2D eigenvalue weighted by Gasteiger charge is -2.23. The zero-order valence-corrected chi connectivity index (χ0v) is 16.6. The van der Waals surface area contributed by atoms with Gasteiger partial charge in [0.05, 0.1) is 11.9 Å². The molecular weight excluding hydrogens is 382 g/mol. The number of nitrogens with zero attached hydrogens (tertiary/aromatic N) is 1. The van der Waals surface area contributed by atoms with Gasteiger partial charge < -0.3 is 21.1 Å². The molecule has 0 bridgehead atoms. The molecule has 1 aliphatic heterocycles. The van der Waals surface area contributed by atoms with Crippen molar-refractivity contribution in [3.8, 4) is 11.1 Å². The van der Waals surface area contributed by atoms with Gasteiger partial charge >= 0.3 is 0 Å². The second-order valence-corrected chi connectivity index (χ2v) is 7.76. The summed E-state index contributed by atoms with van der Waals surface area (Å²) in [5.74, 6) is -0.334. The van der Waals surface area contributed by atoms with Gasteiger partial charge in [-0.2, -0.15) is 0 Å². The van der Waals surface area contributed by atoms with Gasteiger partial charge in [0.1, 0.15) is 5.71 Å². The maximum absolute atomic E-state index is 12.6. The fourth-order valence-corrected chi connectivity index (χ4v) is 3.43. The van der Waals surface area contributed by atoms with Crippen molar-refractivity contribution in [2.45, 2.75) is 31.7 Å². The first-order valence-electron chi connectivity index (χ1n) is 10.1. The van der Waals surface area contributed by atoms with Gasteiger partial charge in [-0.3, -0.25) is 20.0 Å². The van der Waals surface area contributed by atoms with Crippen molar-refractivity contribution in [2.24, 2.45) is 5.92 Å². The number of ether oxygens (including phenoxy) is 1. The van der Waals surface area contributed by atoms with E-state index in [9.17, 15) is 9.59 Å². The minimum absolute atomic E-state index is 0.00645. The van der Waals surface area contributed by atoms with E-state index < -0.39 is 5.91 Å². The molecule has 2 aliphatic rings. The minimum atomic E-state index is -0.450. The van der Waals surface area contributed by atoms with Crippen molar-refractivity contribution < 1.29 is 14.3 Å². The van der Waals surface area contributed by atoms with Gasteiger partial charge in [-0.25, -0.2) is 0 Å². The molecule has 1 saturated heterocycles. The Morgan fingerprint density at radius 1 is 1.07 bits per heavy atom. The van der Waals surface area contributed by atoms with Crippen LogP contribution in [0.2, 0.25) is 0 Å². The number of anilines is 2. The minimum Gasteiger partial charge on any atom is -0.398 e. The van der Waals surface area contributed by atoms with Crippen molar-refractivity contribution in [2.75, 3.05) is 24.3 Å². The Bertz CT molecular complexity index is 980. The Hall–Kier alpha value is -3.26. The zero-order valence-electron chi connectivity index (χ0n) is 16.6. The Kier molecular flexibility index (Phi) is 5.76. The molecule has 1 saturated carbocycles. The molecule has 0 unspecified atom stereocenters. The summed E-state index contributed by atoms with van der Waals surface area (Å²) in [7, 11) is 0. The fraction of sp³-hybridized carbons (Fsp3) is 0.364. The molecule has 156 valence electrons. The first-order chi connectivity index (χ1) is 14.5. The van der Waals surface area contributed by atoms with Crippen LogP contribution in [0.15, 0.2) is 36.7 Å². The average molecular weight is 407 g/mol. The summed E-state index contributed by atoms with van der Waals surface area (Å²) in [4.78, 5) is 28.8. The largest absolute Gasteiger partial charge is 0.398 e. The van der Waals surface area contributed by atoms with Crippen LogP contribution in [0.4, 0.5) is 11.4 Å². The maximum Gasteiger partial charge on any atom is 0.270 e. The average Bonchev–Trinajstić information content (AvgIpc) is 3.60. The van der Waals surface area contributed by atoms with E-state index in [1.165, 1.54) is 0 Å². The third kappa shape index (κ3) is 4.65. The van der Waals surface area contributed by atoms with Crippen molar-refractivity contribution in [1.29, 1.82) is 5.41 Å². The standard InChI is InChI=1S/C22H25N5O3/c23-19-4-3-14(15-9-17(12-25-11-15)27-21(28)13-1-2-13)10-18(19)20(24)22(29)26-16-5-7-30-8-6-16/h3-4,9-13,16,24H,1-2,5-8,23H2,(H,26,29)(H,27,28). The number of hydrogen-bond donors (Lipinski definition) is 4. The van der Waals surface area contributed by atoms with E-state index in [1.807, 2.05) is 12.1 Å². The summed E-state index contributed by atoms with van der Waals surface area (Å²) in [6.07, 6.45) is 6.61. The number of carbonyl (C=O) groups excluding carboxylic acids is 2. The number of hydrogen-bond acceptors (Lipinski definition) is 6. The molecule has 5 N–H and O–H groups in total. The number of pyridine rings is 1.